The molecule has 0 unspecified atom stereocenters. The second kappa shape index (κ2) is 7.36. The molecular weight excluding hydrogens is 172 g/mol. The number of pyridine rings is 1. The van der Waals surface area contributed by atoms with Crippen molar-refractivity contribution < 1.29 is 0 Å². The standard InChI is InChI=1S/C8H10N2.2C2H6/c1-10-5-3-7-6-9-4-2-8(7)10;2*1-2/h2,4,6H,3,5H2,1H3;2*1-2H3. The van der Waals surface area contributed by atoms with Crippen LogP contribution in [0.3, 0.4) is 0 Å². The van der Waals surface area contributed by atoms with Crippen LogP contribution in [0, 0.1) is 0 Å². The molecule has 2 rings (SSSR count). The van der Waals surface area contributed by atoms with Gasteiger partial charge in [0.1, 0.15) is 0 Å². The van der Waals surface area contributed by atoms with E-state index in [-0.39, 0.29) is 0 Å². The third-order valence-corrected chi connectivity index (χ3v) is 2.01. The molecule has 0 spiro atoms. The van der Waals surface area contributed by atoms with E-state index in [1.807, 2.05) is 40.1 Å². The summed E-state index contributed by atoms with van der Waals surface area (Å²) < 4.78 is 0. The normalized spacial score (nSPS) is 11.9. The topological polar surface area (TPSA) is 16.1 Å². The van der Waals surface area contributed by atoms with Crippen LogP contribution < -0.4 is 4.90 Å². The van der Waals surface area contributed by atoms with E-state index in [4.69, 9.17) is 0 Å². The molecule has 0 radical (unpaired) electrons. The summed E-state index contributed by atoms with van der Waals surface area (Å²) in [6, 6.07) is 2.07. The van der Waals surface area contributed by atoms with Gasteiger partial charge in [-0.05, 0) is 18.1 Å². The van der Waals surface area contributed by atoms with Crippen LogP contribution in [-0.2, 0) is 6.42 Å². The van der Waals surface area contributed by atoms with E-state index in [0.29, 0.717) is 0 Å². The Balaban J connectivity index is 0.000000379. The van der Waals surface area contributed by atoms with E-state index >= 15 is 0 Å². The van der Waals surface area contributed by atoms with Gasteiger partial charge in [-0.2, -0.15) is 0 Å². The highest BCUT2D eigenvalue weighted by Crippen LogP contribution is 2.24. The van der Waals surface area contributed by atoms with Crippen molar-refractivity contribution in [2.45, 2.75) is 34.1 Å². The van der Waals surface area contributed by atoms with Crippen molar-refractivity contribution in [3.8, 4) is 0 Å². The van der Waals surface area contributed by atoms with Gasteiger partial charge in [0.2, 0.25) is 0 Å². The van der Waals surface area contributed by atoms with Crippen LogP contribution in [0.15, 0.2) is 18.5 Å². The minimum atomic E-state index is 1.14. The quantitative estimate of drug-likeness (QED) is 0.631. The largest absolute Gasteiger partial charge is 0.374 e. The van der Waals surface area contributed by atoms with Crippen LogP contribution in [0.1, 0.15) is 33.3 Å². The molecule has 0 aliphatic carbocycles. The number of hydrogen-bond acceptors (Lipinski definition) is 2. The average molecular weight is 194 g/mol. The first kappa shape index (κ1) is 12.9. The fourth-order valence-corrected chi connectivity index (χ4v) is 1.39. The first-order valence-electron chi connectivity index (χ1n) is 5.52. The molecule has 0 saturated carbocycles. The number of nitrogens with zero attached hydrogens (tertiary/aromatic N) is 2. The Morgan fingerprint density at radius 3 is 2.43 bits per heavy atom. The fraction of sp³-hybridized carbons (Fsp3) is 0.583. The van der Waals surface area contributed by atoms with Crippen molar-refractivity contribution >= 4 is 5.69 Å². The van der Waals surface area contributed by atoms with Gasteiger partial charge in [-0.1, -0.05) is 27.7 Å². The van der Waals surface area contributed by atoms with Gasteiger partial charge in [0, 0.05) is 31.7 Å². The van der Waals surface area contributed by atoms with Gasteiger partial charge in [-0.3, -0.25) is 4.98 Å². The summed E-state index contributed by atoms with van der Waals surface area (Å²) >= 11 is 0. The molecule has 0 fully saturated rings. The molecule has 0 amide bonds. The third-order valence-electron chi connectivity index (χ3n) is 2.01. The van der Waals surface area contributed by atoms with Gasteiger partial charge in [0.05, 0.1) is 0 Å². The Kier molecular flexibility index (Phi) is 6.81. The lowest BCUT2D eigenvalue weighted by atomic mass is 10.2. The van der Waals surface area contributed by atoms with E-state index < -0.39 is 0 Å². The SMILES string of the molecule is CC.CC.CN1CCc2cnccc21. The smallest absolute Gasteiger partial charge is 0.0427 e. The van der Waals surface area contributed by atoms with E-state index in [2.05, 4.69) is 23.0 Å². The molecule has 0 saturated heterocycles. The number of anilines is 1. The molecule has 1 aromatic rings. The van der Waals surface area contributed by atoms with Crippen LogP contribution in [0.5, 0.6) is 0 Å². The minimum absolute atomic E-state index is 1.14. The van der Waals surface area contributed by atoms with E-state index in [1.165, 1.54) is 11.3 Å². The van der Waals surface area contributed by atoms with Crippen LogP contribution in [0.2, 0.25) is 0 Å². The van der Waals surface area contributed by atoms with Crippen molar-refractivity contribution in [1.29, 1.82) is 0 Å². The van der Waals surface area contributed by atoms with Crippen molar-refractivity contribution in [1.82, 2.24) is 4.98 Å². The monoisotopic (exact) mass is 194 g/mol. The highest BCUT2D eigenvalue weighted by Gasteiger charge is 2.13. The third kappa shape index (κ3) is 3.02. The first-order valence-corrected chi connectivity index (χ1v) is 5.52. The maximum absolute atomic E-state index is 4.06. The lowest BCUT2D eigenvalue weighted by Gasteiger charge is -2.09. The summed E-state index contributed by atoms with van der Waals surface area (Å²) in [6.07, 6.45) is 4.96. The molecule has 0 atom stereocenters. The zero-order valence-corrected chi connectivity index (χ0v) is 10.0. The summed E-state index contributed by atoms with van der Waals surface area (Å²) in [5, 5.41) is 0. The summed E-state index contributed by atoms with van der Waals surface area (Å²) in [5.74, 6) is 0. The Labute approximate surface area is 88.0 Å². The number of hydrogen-bond donors (Lipinski definition) is 0. The predicted molar refractivity (Wildman–Crippen MR) is 63.9 cm³/mol. The van der Waals surface area contributed by atoms with Crippen molar-refractivity contribution in [3.63, 3.8) is 0 Å². The van der Waals surface area contributed by atoms with Gasteiger partial charge in [-0.15, -0.1) is 0 Å². The summed E-state index contributed by atoms with van der Waals surface area (Å²) in [4.78, 5) is 6.33. The average Bonchev–Trinajstić information content (AvgIpc) is 2.67. The molecule has 14 heavy (non-hydrogen) atoms. The second-order valence-electron chi connectivity index (χ2n) is 2.68. The summed E-state index contributed by atoms with van der Waals surface area (Å²) in [7, 11) is 2.12. The first-order chi connectivity index (χ1) is 6.88. The second-order valence-corrected chi connectivity index (χ2v) is 2.68. The fourth-order valence-electron chi connectivity index (χ4n) is 1.39. The van der Waals surface area contributed by atoms with Crippen LogP contribution >= 0.6 is 0 Å². The van der Waals surface area contributed by atoms with Crippen LogP contribution in [0.4, 0.5) is 5.69 Å². The number of likely N-dealkylation sites (N-methyl/N-ethyl adjacent to an activating group) is 1. The zero-order valence-electron chi connectivity index (χ0n) is 10.0. The molecule has 0 N–H and O–H groups in total. The maximum Gasteiger partial charge on any atom is 0.0427 e. The zero-order chi connectivity index (χ0) is 11.0. The van der Waals surface area contributed by atoms with Gasteiger partial charge in [0.25, 0.3) is 0 Å². The molecule has 2 heteroatoms. The Morgan fingerprint density at radius 1 is 1.21 bits per heavy atom. The molecule has 2 heterocycles. The molecular formula is C12H22N2. The van der Waals surface area contributed by atoms with Gasteiger partial charge in [-0.25, -0.2) is 0 Å². The highest BCUT2D eigenvalue weighted by molar-refractivity contribution is 5.55. The van der Waals surface area contributed by atoms with E-state index in [9.17, 15) is 0 Å². The predicted octanol–water partition coefficient (Wildman–Crippen LogP) is 3.13. The lowest BCUT2D eigenvalue weighted by Crippen LogP contribution is -2.12. The van der Waals surface area contributed by atoms with Gasteiger partial charge >= 0.3 is 0 Å². The van der Waals surface area contributed by atoms with Crippen molar-refractivity contribution in [3.05, 3.63) is 24.0 Å². The molecule has 0 aromatic carbocycles. The maximum atomic E-state index is 4.06. The molecule has 1 aromatic heterocycles. The minimum Gasteiger partial charge on any atom is -0.374 e. The summed E-state index contributed by atoms with van der Waals surface area (Å²) in [6.45, 7) is 9.14. The molecule has 1 aliphatic rings. The van der Waals surface area contributed by atoms with Gasteiger partial charge in [0.15, 0.2) is 0 Å². The van der Waals surface area contributed by atoms with Crippen molar-refractivity contribution in [2.75, 3.05) is 18.5 Å². The highest BCUT2D eigenvalue weighted by atomic mass is 15.1. The van der Waals surface area contributed by atoms with Crippen LogP contribution in [-0.4, -0.2) is 18.6 Å². The molecule has 0 bridgehead atoms. The Morgan fingerprint density at radius 2 is 1.86 bits per heavy atom. The number of fused-ring (bicyclic) bond motifs is 1. The van der Waals surface area contributed by atoms with Crippen molar-refractivity contribution in [2.24, 2.45) is 0 Å². The lowest BCUT2D eigenvalue weighted by molar-refractivity contribution is 0.955. The van der Waals surface area contributed by atoms with Gasteiger partial charge < -0.3 is 4.90 Å². The Bertz CT molecular complexity index is 246. The van der Waals surface area contributed by atoms with E-state index in [1.54, 1.807) is 0 Å². The molecule has 80 valence electrons. The molecule has 2 nitrogen and oxygen atoms in total. The summed E-state index contributed by atoms with van der Waals surface area (Å²) in [5.41, 5.74) is 2.72. The van der Waals surface area contributed by atoms with E-state index in [0.717, 1.165) is 13.0 Å². The number of rotatable bonds is 0. The van der Waals surface area contributed by atoms with Crippen LogP contribution in [0.25, 0.3) is 0 Å². The molecule has 1 aliphatic heterocycles. The Hall–Kier alpha value is -1.05. The number of aromatic nitrogens is 1.